The van der Waals surface area contributed by atoms with Crippen LogP contribution in [0.25, 0.3) is 0 Å². The summed E-state index contributed by atoms with van der Waals surface area (Å²) in [4.78, 5) is 2.53. The number of nitrogens with zero attached hydrogens (tertiary/aromatic N) is 3. The van der Waals surface area contributed by atoms with Gasteiger partial charge >= 0.3 is 0 Å². The fraction of sp³-hybridized carbons (Fsp3) is 0.500. The van der Waals surface area contributed by atoms with E-state index in [0.29, 0.717) is 13.2 Å². The number of fused-ring (bicyclic) bond motifs is 5. The number of methoxy groups -OCH3 is 1. The lowest BCUT2D eigenvalue weighted by molar-refractivity contribution is -0.150. The summed E-state index contributed by atoms with van der Waals surface area (Å²) < 4.78 is 24.1. The van der Waals surface area contributed by atoms with Crippen LogP contribution in [0, 0.1) is 0 Å². The summed E-state index contributed by atoms with van der Waals surface area (Å²) in [6.45, 7) is 6.56. The van der Waals surface area contributed by atoms with Gasteiger partial charge in [-0.05, 0) is 37.2 Å². The number of ether oxygens (including phenoxy) is 4. The molecule has 7 nitrogen and oxygen atoms in total. The van der Waals surface area contributed by atoms with Crippen LogP contribution in [0.2, 0.25) is 0 Å². The number of hydrogen-bond donors (Lipinski definition) is 0. The van der Waals surface area contributed by atoms with Gasteiger partial charge in [-0.1, -0.05) is 19.1 Å². The maximum atomic E-state index is 6.82. The maximum Gasteiger partial charge on any atom is 0.200 e. The predicted octanol–water partition coefficient (Wildman–Crippen LogP) is 4.21. The van der Waals surface area contributed by atoms with E-state index in [0.717, 1.165) is 78.7 Å². The molecular formula is C26H31N3O4. The Hall–Kier alpha value is -2.93. The Bertz CT molecular complexity index is 1080. The fourth-order valence-electron chi connectivity index (χ4n) is 5.60. The zero-order chi connectivity index (χ0) is 22.4. The lowest BCUT2D eigenvalue weighted by atomic mass is 9.90. The van der Waals surface area contributed by atoms with Crippen molar-refractivity contribution in [3.05, 3.63) is 47.5 Å². The summed E-state index contributed by atoms with van der Waals surface area (Å²) in [5, 5.41) is 7.46. The number of hydrazone groups is 1. The van der Waals surface area contributed by atoms with E-state index in [1.807, 2.05) is 18.2 Å². The van der Waals surface area contributed by atoms with Gasteiger partial charge in [0.1, 0.15) is 13.2 Å². The van der Waals surface area contributed by atoms with Crippen LogP contribution in [0.15, 0.2) is 41.5 Å². The van der Waals surface area contributed by atoms with Gasteiger partial charge in [0.05, 0.1) is 18.9 Å². The summed E-state index contributed by atoms with van der Waals surface area (Å²) in [6, 6.07) is 12.5. The first kappa shape index (κ1) is 20.7. The number of piperidine rings is 1. The van der Waals surface area contributed by atoms with Crippen molar-refractivity contribution in [1.29, 1.82) is 0 Å². The van der Waals surface area contributed by atoms with Gasteiger partial charge in [0.2, 0.25) is 5.72 Å². The van der Waals surface area contributed by atoms with Gasteiger partial charge in [-0.15, -0.1) is 0 Å². The highest BCUT2D eigenvalue weighted by atomic mass is 16.6. The van der Waals surface area contributed by atoms with Crippen molar-refractivity contribution >= 4 is 5.71 Å². The average molecular weight is 450 g/mol. The van der Waals surface area contributed by atoms with Crippen LogP contribution < -0.4 is 18.9 Å². The van der Waals surface area contributed by atoms with E-state index in [-0.39, 0.29) is 6.04 Å². The zero-order valence-corrected chi connectivity index (χ0v) is 19.4. The lowest BCUT2D eigenvalue weighted by Gasteiger charge is -2.51. The molecule has 1 atom stereocenters. The Morgan fingerprint density at radius 3 is 2.70 bits per heavy atom. The third-order valence-corrected chi connectivity index (χ3v) is 7.26. The molecule has 0 saturated carbocycles. The molecule has 2 aromatic rings. The van der Waals surface area contributed by atoms with Gasteiger partial charge in [-0.25, -0.2) is 5.01 Å². The monoisotopic (exact) mass is 449 g/mol. The topological polar surface area (TPSA) is 55.8 Å². The van der Waals surface area contributed by atoms with E-state index in [9.17, 15) is 0 Å². The van der Waals surface area contributed by atoms with Crippen molar-refractivity contribution in [2.75, 3.05) is 40.0 Å². The summed E-state index contributed by atoms with van der Waals surface area (Å²) in [6.07, 6.45) is 3.82. The molecule has 33 heavy (non-hydrogen) atoms. The largest absolute Gasteiger partial charge is 0.493 e. The minimum atomic E-state index is -0.452. The molecular weight excluding hydrogens is 418 g/mol. The van der Waals surface area contributed by atoms with E-state index in [1.54, 1.807) is 7.11 Å². The Balaban J connectivity index is 1.38. The van der Waals surface area contributed by atoms with Crippen LogP contribution in [0.4, 0.5) is 0 Å². The summed E-state index contributed by atoms with van der Waals surface area (Å²) in [5.41, 5.74) is 2.84. The second-order valence-electron chi connectivity index (χ2n) is 9.24. The van der Waals surface area contributed by atoms with Crippen molar-refractivity contribution < 1.29 is 18.9 Å². The van der Waals surface area contributed by atoms with Crippen LogP contribution in [0.5, 0.6) is 23.0 Å². The lowest BCUT2D eigenvalue weighted by Crippen LogP contribution is -2.59. The number of hydrogen-bond acceptors (Lipinski definition) is 7. The predicted molar refractivity (Wildman–Crippen MR) is 125 cm³/mol. The van der Waals surface area contributed by atoms with E-state index in [4.69, 9.17) is 24.0 Å². The molecule has 4 aliphatic heterocycles. The number of likely N-dealkylation sites (tertiary alicyclic amines) is 1. The standard InChI is InChI=1S/C26H31N3O4/c1-3-11-28-12-9-26(10-13-28)29-21(19-5-4-6-23(30-2)25(19)33-26)17-20(27-29)18-7-8-22-24(16-18)32-15-14-31-22/h4-8,16,21H,3,9-15,17H2,1-2H3. The molecule has 4 heterocycles. The van der Waals surface area contributed by atoms with Crippen LogP contribution in [0.3, 0.4) is 0 Å². The minimum absolute atomic E-state index is 0.129. The van der Waals surface area contributed by atoms with Gasteiger partial charge in [0.25, 0.3) is 0 Å². The molecule has 1 saturated heterocycles. The van der Waals surface area contributed by atoms with E-state index >= 15 is 0 Å². The van der Waals surface area contributed by atoms with Gasteiger partial charge in [0, 0.05) is 43.5 Å². The van der Waals surface area contributed by atoms with Crippen molar-refractivity contribution in [2.24, 2.45) is 5.10 Å². The zero-order valence-electron chi connectivity index (χ0n) is 19.4. The maximum absolute atomic E-state index is 6.82. The Labute approximate surface area is 194 Å². The molecule has 0 bridgehead atoms. The molecule has 1 fully saturated rings. The van der Waals surface area contributed by atoms with Gasteiger partial charge in [-0.3, -0.25) is 0 Å². The highest BCUT2D eigenvalue weighted by molar-refractivity contribution is 6.02. The molecule has 0 N–H and O–H groups in total. The summed E-state index contributed by atoms with van der Waals surface area (Å²) in [5.74, 6) is 3.28. The number of benzene rings is 2. The second-order valence-corrected chi connectivity index (χ2v) is 9.24. The van der Waals surface area contributed by atoms with Crippen LogP contribution >= 0.6 is 0 Å². The molecule has 0 aromatic heterocycles. The Morgan fingerprint density at radius 1 is 1.09 bits per heavy atom. The quantitative estimate of drug-likeness (QED) is 0.697. The minimum Gasteiger partial charge on any atom is -0.493 e. The molecule has 0 radical (unpaired) electrons. The molecule has 7 heteroatoms. The van der Waals surface area contributed by atoms with Crippen LogP contribution in [-0.4, -0.2) is 61.3 Å². The summed E-state index contributed by atoms with van der Waals surface area (Å²) >= 11 is 0. The van der Waals surface area contributed by atoms with Gasteiger partial charge in [-0.2, -0.15) is 5.10 Å². The SMILES string of the molecule is CCCN1CCC2(CC1)Oc1c(OC)cccc1C1CC(c3ccc4c(c3)OCCO4)=NN12. The van der Waals surface area contributed by atoms with Crippen molar-refractivity contribution in [1.82, 2.24) is 9.91 Å². The van der Waals surface area contributed by atoms with Crippen molar-refractivity contribution in [2.45, 2.75) is 44.4 Å². The molecule has 4 aliphatic rings. The molecule has 1 unspecified atom stereocenters. The number of para-hydroxylation sites is 1. The molecule has 1 spiro atoms. The van der Waals surface area contributed by atoms with Gasteiger partial charge in [0.15, 0.2) is 23.0 Å². The molecule has 0 amide bonds. The first-order chi connectivity index (χ1) is 16.2. The van der Waals surface area contributed by atoms with E-state index < -0.39 is 5.72 Å². The Morgan fingerprint density at radius 2 is 1.91 bits per heavy atom. The molecule has 174 valence electrons. The van der Waals surface area contributed by atoms with E-state index in [2.05, 4.69) is 35.0 Å². The smallest absolute Gasteiger partial charge is 0.200 e. The second kappa shape index (κ2) is 8.13. The molecule has 6 rings (SSSR count). The first-order valence-corrected chi connectivity index (χ1v) is 12.1. The van der Waals surface area contributed by atoms with Crippen molar-refractivity contribution in [3.63, 3.8) is 0 Å². The highest BCUT2D eigenvalue weighted by Crippen LogP contribution is 2.53. The number of rotatable bonds is 4. The Kier molecular flexibility index (Phi) is 5.09. The molecule has 0 aliphatic carbocycles. The third-order valence-electron chi connectivity index (χ3n) is 7.26. The van der Waals surface area contributed by atoms with Crippen LogP contribution in [0.1, 0.15) is 49.8 Å². The normalized spacial score (nSPS) is 22.9. The molecule has 2 aromatic carbocycles. The van der Waals surface area contributed by atoms with Gasteiger partial charge < -0.3 is 23.8 Å². The summed E-state index contributed by atoms with van der Waals surface area (Å²) in [7, 11) is 1.72. The van der Waals surface area contributed by atoms with Crippen LogP contribution in [-0.2, 0) is 0 Å². The third kappa shape index (κ3) is 3.41. The first-order valence-electron chi connectivity index (χ1n) is 12.1. The van der Waals surface area contributed by atoms with E-state index in [1.165, 1.54) is 6.42 Å². The van der Waals surface area contributed by atoms with Crippen molar-refractivity contribution in [3.8, 4) is 23.0 Å². The fourth-order valence-corrected chi connectivity index (χ4v) is 5.60. The highest BCUT2D eigenvalue weighted by Gasteiger charge is 2.52. The average Bonchev–Trinajstić information content (AvgIpc) is 3.32.